The summed E-state index contributed by atoms with van der Waals surface area (Å²) in [6.07, 6.45) is 6.20. The largest absolute Gasteiger partial charge is 0.322 e. The molecule has 0 bridgehead atoms. The molecule has 0 aliphatic heterocycles. The third-order valence-electron chi connectivity index (χ3n) is 2.58. The maximum atomic E-state index is 11.9. The van der Waals surface area contributed by atoms with Gasteiger partial charge in [-0.05, 0) is 18.2 Å². The lowest BCUT2D eigenvalue weighted by Gasteiger charge is -2.06. The molecular formula is C12H10N6O. The number of nitrogens with zero attached hydrogens (tertiary/aromatic N) is 4. The van der Waals surface area contributed by atoms with Crippen LogP contribution in [0.15, 0.2) is 49.3 Å². The van der Waals surface area contributed by atoms with Crippen LogP contribution >= 0.6 is 0 Å². The van der Waals surface area contributed by atoms with Crippen molar-refractivity contribution >= 4 is 11.6 Å². The summed E-state index contributed by atoms with van der Waals surface area (Å²) in [4.78, 5) is 11.9. The van der Waals surface area contributed by atoms with E-state index in [0.717, 1.165) is 5.69 Å². The summed E-state index contributed by atoms with van der Waals surface area (Å²) in [6.45, 7) is 0. The number of nitrogens with one attached hydrogen (secondary N) is 2. The molecule has 1 amide bonds. The number of hydrogen-bond acceptors (Lipinski definition) is 4. The molecule has 3 rings (SSSR count). The van der Waals surface area contributed by atoms with Gasteiger partial charge in [0.2, 0.25) is 0 Å². The zero-order valence-electron chi connectivity index (χ0n) is 9.82. The van der Waals surface area contributed by atoms with Crippen LogP contribution in [0.4, 0.5) is 5.69 Å². The monoisotopic (exact) mass is 254 g/mol. The fraction of sp³-hybridized carbons (Fsp3) is 0. The second kappa shape index (κ2) is 4.73. The molecule has 7 heteroatoms. The molecule has 0 saturated heterocycles. The molecule has 0 radical (unpaired) electrons. The molecule has 2 aromatic heterocycles. The maximum absolute atomic E-state index is 11.9. The van der Waals surface area contributed by atoms with Crippen LogP contribution in [0.5, 0.6) is 0 Å². The number of benzene rings is 1. The second-order valence-electron chi connectivity index (χ2n) is 3.86. The summed E-state index contributed by atoms with van der Waals surface area (Å²) >= 11 is 0. The van der Waals surface area contributed by atoms with Gasteiger partial charge in [0.05, 0.1) is 17.4 Å². The first-order valence-electron chi connectivity index (χ1n) is 5.58. The van der Waals surface area contributed by atoms with Gasteiger partial charge in [0.15, 0.2) is 0 Å². The third-order valence-corrected chi connectivity index (χ3v) is 2.58. The highest BCUT2D eigenvalue weighted by atomic mass is 16.1. The number of H-pyrrole nitrogens is 1. The van der Waals surface area contributed by atoms with Crippen molar-refractivity contribution < 1.29 is 4.79 Å². The average molecular weight is 254 g/mol. The van der Waals surface area contributed by atoms with Crippen LogP contribution in [0.1, 0.15) is 10.4 Å². The molecule has 3 aromatic rings. The standard InChI is InChI=1S/C12H10N6O/c19-12(9-5-13-14-6-9)17-10-2-1-3-11(4-10)18-7-15-16-8-18/h1-8H,(H,13,14)(H,17,19). The smallest absolute Gasteiger partial charge is 0.258 e. The van der Waals surface area contributed by atoms with Crippen molar-refractivity contribution in [3.05, 3.63) is 54.9 Å². The molecule has 0 fully saturated rings. The summed E-state index contributed by atoms with van der Waals surface area (Å²) in [5.74, 6) is -0.213. The maximum Gasteiger partial charge on any atom is 0.258 e. The van der Waals surface area contributed by atoms with Gasteiger partial charge in [-0.3, -0.25) is 14.5 Å². The Hall–Kier alpha value is -2.96. The van der Waals surface area contributed by atoms with Crippen molar-refractivity contribution in [3.63, 3.8) is 0 Å². The van der Waals surface area contributed by atoms with E-state index in [9.17, 15) is 4.79 Å². The van der Waals surface area contributed by atoms with Gasteiger partial charge < -0.3 is 5.32 Å². The van der Waals surface area contributed by atoms with Crippen LogP contribution in [0.2, 0.25) is 0 Å². The van der Waals surface area contributed by atoms with E-state index in [4.69, 9.17) is 0 Å². The number of hydrogen-bond donors (Lipinski definition) is 2. The van der Waals surface area contributed by atoms with Gasteiger partial charge in [-0.2, -0.15) is 5.10 Å². The lowest BCUT2D eigenvalue weighted by atomic mass is 10.2. The van der Waals surface area contributed by atoms with Crippen LogP contribution in [-0.4, -0.2) is 30.9 Å². The van der Waals surface area contributed by atoms with Crippen molar-refractivity contribution in [3.8, 4) is 5.69 Å². The Morgan fingerprint density at radius 1 is 1.26 bits per heavy atom. The van der Waals surface area contributed by atoms with E-state index >= 15 is 0 Å². The molecule has 0 atom stereocenters. The number of aromatic nitrogens is 5. The summed E-state index contributed by atoms with van der Waals surface area (Å²) < 4.78 is 1.76. The Morgan fingerprint density at radius 3 is 2.84 bits per heavy atom. The van der Waals surface area contributed by atoms with Gasteiger partial charge >= 0.3 is 0 Å². The number of carbonyl (C=O) groups excluding carboxylic acids is 1. The lowest BCUT2D eigenvalue weighted by Crippen LogP contribution is -2.11. The summed E-state index contributed by atoms with van der Waals surface area (Å²) in [5.41, 5.74) is 2.04. The summed E-state index contributed by atoms with van der Waals surface area (Å²) in [7, 11) is 0. The highest BCUT2D eigenvalue weighted by Gasteiger charge is 2.07. The second-order valence-corrected chi connectivity index (χ2v) is 3.86. The first-order chi connectivity index (χ1) is 9.33. The van der Waals surface area contributed by atoms with Crippen LogP contribution in [0.25, 0.3) is 5.69 Å². The van der Waals surface area contributed by atoms with Crippen molar-refractivity contribution in [1.82, 2.24) is 25.0 Å². The molecule has 19 heavy (non-hydrogen) atoms. The van der Waals surface area contributed by atoms with Gasteiger partial charge in [-0.1, -0.05) is 6.07 Å². The minimum atomic E-state index is -0.213. The third kappa shape index (κ3) is 2.34. The number of rotatable bonds is 3. The zero-order chi connectivity index (χ0) is 13.1. The number of anilines is 1. The zero-order valence-corrected chi connectivity index (χ0v) is 9.82. The summed E-state index contributed by atoms with van der Waals surface area (Å²) in [6, 6.07) is 7.39. The van der Waals surface area contributed by atoms with Crippen molar-refractivity contribution in [2.24, 2.45) is 0 Å². The molecule has 1 aromatic carbocycles. The fourth-order valence-electron chi connectivity index (χ4n) is 1.66. The first kappa shape index (κ1) is 11.1. The molecule has 0 saturated carbocycles. The highest BCUT2D eigenvalue weighted by Crippen LogP contribution is 2.14. The summed E-state index contributed by atoms with van der Waals surface area (Å²) in [5, 5.41) is 16.6. The normalized spacial score (nSPS) is 10.3. The molecule has 0 aliphatic rings. The molecule has 94 valence electrons. The molecule has 0 aliphatic carbocycles. The number of aromatic amines is 1. The van der Waals surface area contributed by atoms with E-state index < -0.39 is 0 Å². The van der Waals surface area contributed by atoms with E-state index in [1.54, 1.807) is 23.4 Å². The Bertz CT molecular complexity index is 674. The van der Waals surface area contributed by atoms with Crippen molar-refractivity contribution in [1.29, 1.82) is 0 Å². The van der Waals surface area contributed by atoms with Gasteiger partial charge in [-0.25, -0.2) is 0 Å². The predicted molar refractivity (Wildman–Crippen MR) is 67.9 cm³/mol. The number of carbonyl (C=O) groups is 1. The minimum Gasteiger partial charge on any atom is -0.322 e. The Balaban J connectivity index is 1.82. The van der Waals surface area contributed by atoms with Gasteiger partial charge in [0.1, 0.15) is 12.7 Å². The topological polar surface area (TPSA) is 88.5 Å². The minimum absolute atomic E-state index is 0.213. The molecule has 0 spiro atoms. The first-order valence-corrected chi connectivity index (χ1v) is 5.58. The predicted octanol–water partition coefficient (Wildman–Crippen LogP) is 1.24. The van der Waals surface area contributed by atoms with Crippen molar-refractivity contribution in [2.75, 3.05) is 5.32 Å². The number of amides is 1. The van der Waals surface area contributed by atoms with Gasteiger partial charge in [-0.15, -0.1) is 10.2 Å². The van der Waals surface area contributed by atoms with Gasteiger partial charge in [0.25, 0.3) is 5.91 Å². The molecule has 2 N–H and O–H groups in total. The van der Waals surface area contributed by atoms with Crippen LogP contribution in [0, 0.1) is 0 Å². The van der Waals surface area contributed by atoms with E-state index in [-0.39, 0.29) is 5.91 Å². The van der Waals surface area contributed by atoms with Crippen LogP contribution in [-0.2, 0) is 0 Å². The lowest BCUT2D eigenvalue weighted by molar-refractivity contribution is 0.102. The quantitative estimate of drug-likeness (QED) is 0.736. The SMILES string of the molecule is O=C(Nc1cccc(-n2cnnc2)c1)c1cn[nH]c1. The Kier molecular flexibility index (Phi) is 2.77. The van der Waals surface area contributed by atoms with E-state index in [0.29, 0.717) is 11.3 Å². The van der Waals surface area contributed by atoms with E-state index in [1.807, 2.05) is 24.3 Å². The van der Waals surface area contributed by atoms with Gasteiger partial charge in [0, 0.05) is 11.9 Å². The molecule has 7 nitrogen and oxygen atoms in total. The molecule has 0 unspecified atom stereocenters. The highest BCUT2D eigenvalue weighted by molar-refractivity contribution is 6.03. The average Bonchev–Trinajstić information content (AvgIpc) is 3.13. The molecular weight excluding hydrogens is 244 g/mol. The Labute approximate surface area is 108 Å². The molecule has 2 heterocycles. The Morgan fingerprint density at radius 2 is 2.11 bits per heavy atom. The van der Waals surface area contributed by atoms with Crippen molar-refractivity contribution in [2.45, 2.75) is 0 Å². The van der Waals surface area contributed by atoms with Crippen LogP contribution in [0.3, 0.4) is 0 Å². The van der Waals surface area contributed by atoms with Crippen LogP contribution < -0.4 is 5.32 Å². The van der Waals surface area contributed by atoms with E-state index in [1.165, 1.54) is 6.20 Å². The van der Waals surface area contributed by atoms with E-state index in [2.05, 4.69) is 25.7 Å². The fourth-order valence-corrected chi connectivity index (χ4v) is 1.66.